The first-order chi connectivity index (χ1) is 6.20. The fourth-order valence-electron chi connectivity index (χ4n) is 0.979. The summed E-state index contributed by atoms with van der Waals surface area (Å²) in [6.07, 6.45) is 0. The zero-order valence-corrected chi connectivity index (χ0v) is 7.17. The van der Waals surface area contributed by atoms with E-state index in [-0.39, 0.29) is 17.0 Å². The van der Waals surface area contributed by atoms with Gasteiger partial charge in [0.15, 0.2) is 5.75 Å². The summed E-state index contributed by atoms with van der Waals surface area (Å²) >= 11 is 0. The van der Waals surface area contributed by atoms with Gasteiger partial charge in [-0.25, -0.2) is 4.39 Å². The Kier molecular flexibility index (Phi) is 2.70. The molecular formula is C9H9FN2O. The largest absolute Gasteiger partial charge is 0.490 e. The maximum absolute atomic E-state index is 13.0. The lowest BCUT2D eigenvalue weighted by Gasteiger charge is -2.08. The number of halogens is 1. The van der Waals surface area contributed by atoms with Crippen molar-refractivity contribution in [3.8, 4) is 11.8 Å². The average Bonchev–Trinajstić information content (AvgIpc) is 2.12. The summed E-state index contributed by atoms with van der Waals surface area (Å²) in [5, 5.41) is 8.62. The van der Waals surface area contributed by atoms with Crippen molar-refractivity contribution in [2.75, 3.05) is 12.3 Å². The second-order valence-corrected chi connectivity index (χ2v) is 2.39. The van der Waals surface area contributed by atoms with Crippen LogP contribution in [0.1, 0.15) is 12.5 Å². The van der Waals surface area contributed by atoms with Crippen LogP contribution in [0.5, 0.6) is 5.75 Å². The lowest BCUT2D eigenvalue weighted by molar-refractivity contribution is 0.339. The number of nitrogens with zero attached hydrogens (tertiary/aromatic N) is 1. The fraction of sp³-hybridized carbons (Fsp3) is 0.222. The number of hydrogen-bond acceptors (Lipinski definition) is 3. The topological polar surface area (TPSA) is 59.0 Å². The number of rotatable bonds is 2. The van der Waals surface area contributed by atoms with Gasteiger partial charge in [-0.2, -0.15) is 5.26 Å². The molecule has 0 spiro atoms. The molecule has 1 aromatic rings. The summed E-state index contributed by atoms with van der Waals surface area (Å²) in [4.78, 5) is 0. The van der Waals surface area contributed by atoms with E-state index in [1.807, 2.05) is 0 Å². The van der Waals surface area contributed by atoms with Gasteiger partial charge in [0.25, 0.3) is 0 Å². The van der Waals surface area contributed by atoms with Gasteiger partial charge >= 0.3 is 0 Å². The highest BCUT2D eigenvalue weighted by atomic mass is 19.1. The number of nitrogens with two attached hydrogens (primary N) is 1. The van der Waals surface area contributed by atoms with Crippen molar-refractivity contribution in [2.45, 2.75) is 6.92 Å². The van der Waals surface area contributed by atoms with Crippen LogP contribution in [0.15, 0.2) is 12.1 Å². The minimum absolute atomic E-state index is 0.130. The number of nitriles is 1. The molecule has 13 heavy (non-hydrogen) atoms. The fourth-order valence-corrected chi connectivity index (χ4v) is 0.979. The van der Waals surface area contributed by atoms with E-state index in [1.54, 1.807) is 13.0 Å². The van der Waals surface area contributed by atoms with E-state index < -0.39 is 5.82 Å². The molecule has 0 aliphatic rings. The van der Waals surface area contributed by atoms with E-state index in [0.717, 1.165) is 6.07 Å². The summed E-state index contributed by atoms with van der Waals surface area (Å²) in [5.74, 6) is -0.481. The maximum Gasteiger partial charge on any atom is 0.162 e. The first-order valence-electron chi connectivity index (χ1n) is 3.81. The van der Waals surface area contributed by atoms with Gasteiger partial charge in [0.2, 0.25) is 0 Å². The van der Waals surface area contributed by atoms with Gasteiger partial charge in [-0.1, -0.05) is 0 Å². The number of benzene rings is 1. The molecule has 0 saturated heterocycles. The van der Waals surface area contributed by atoms with Crippen LogP contribution < -0.4 is 10.5 Å². The van der Waals surface area contributed by atoms with Crippen LogP contribution in [0.2, 0.25) is 0 Å². The first kappa shape index (κ1) is 9.33. The molecule has 0 fully saturated rings. The molecule has 3 nitrogen and oxygen atoms in total. The van der Waals surface area contributed by atoms with Crippen LogP contribution in [0.3, 0.4) is 0 Å². The van der Waals surface area contributed by atoms with E-state index in [4.69, 9.17) is 15.7 Å². The van der Waals surface area contributed by atoms with Crippen molar-refractivity contribution in [3.05, 3.63) is 23.5 Å². The van der Waals surface area contributed by atoms with Gasteiger partial charge in [0.1, 0.15) is 17.4 Å². The van der Waals surface area contributed by atoms with E-state index in [9.17, 15) is 4.39 Å². The monoisotopic (exact) mass is 180 g/mol. The highest BCUT2D eigenvalue weighted by Gasteiger charge is 2.12. The van der Waals surface area contributed by atoms with Crippen LogP contribution in [0.4, 0.5) is 10.1 Å². The molecule has 0 amide bonds. The Labute approximate surface area is 75.5 Å². The third kappa shape index (κ3) is 1.70. The van der Waals surface area contributed by atoms with Crippen molar-refractivity contribution in [2.24, 2.45) is 0 Å². The zero-order valence-electron chi connectivity index (χ0n) is 7.17. The van der Waals surface area contributed by atoms with Gasteiger partial charge in [0, 0.05) is 0 Å². The predicted molar refractivity (Wildman–Crippen MR) is 46.7 cm³/mol. The minimum atomic E-state index is -0.611. The third-order valence-electron chi connectivity index (χ3n) is 1.54. The molecule has 0 saturated carbocycles. The predicted octanol–water partition coefficient (Wildman–Crippen LogP) is 1.68. The van der Waals surface area contributed by atoms with Crippen molar-refractivity contribution in [3.63, 3.8) is 0 Å². The number of nitrogen functional groups attached to an aromatic ring is 1. The number of hydrogen-bond donors (Lipinski definition) is 1. The molecular weight excluding hydrogens is 171 g/mol. The summed E-state index contributed by atoms with van der Waals surface area (Å²) in [7, 11) is 0. The smallest absolute Gasteiger partial charge is 0.162 e. The molecule has 1 aromatic carbocycles. The van der Waals surface area contributed by atoms with Gasteiger partial charge < -0.3 is 10.5 Å². The van der Waals surface area contributed by atoms with Crippen LogP contribution in [-0.2, 0) is 0 Å². The highest BCUT2D eigenvalue weighted by Crippen LogP contribution is 2.27. The van der Waals surface area contributed by atoms with Gasteiger partial charge in [-0.15, -0.1) is 0 Å². The highest BCUT2D eigenvalue weighted by molar-refractivity contribution is 5.61. The van der Waals surface area contributed by atoms with Gasteiger partial charge in [0.05, 0.1) is 12.3 Å². The second-order valence-electron chi connectivity index (χ2n) is 2.39. The third-order valence-corrected chi connectivity index (χ3v) is 1.54. The van der Waals surface area contributed by atoms with Crippen molar-refractivity contribution < 1.29 is 9.13 Å². The second kappa shape index (κ2) is 3.76. The summed E-state index contributed by atoms with van der Waals surface area (Å²) in [5.41, 5.74) is 5.65. The molecule has 0 heterocycles. The van der Waals surface area contributed by atoms with Crippen LogP contribution in [0.25, 0.3) is 0 Å². The van der Waals surface area contributed by atoms with Crippen molar-refractivity contribution in [1.29, 1.82) is 5.26 Å². The Bertz CT molecular complexity index is 357. The van der Waals surface area contributed by atoms with Gasteiger partial charge in [-0.05, 0) is 19.1 Å². The lowest BCUT2D eigenvalue weighted by Crippen LogP contribution is -2.01. The molecule has 0 aliphatic heterocycles. The molecule has 0 aliphatic carbocycles. The van der Waals surface area contributed by atoms with Gasteiger partial charge in [-0.3, -0.25) is 0 Å². The van der Waals surface area contributed by atoms with Crippen molar-refractivity contribution >= 4 is 5.69 Å². The molecule has 4 heteroatoms. The summed E-state index contributed by atoms with van der Waals surface area (Å²) in [6, 6.07) is 4.23. The molecule has 0 radical (unpaired) electrons. The zero-order chi connectivity index (χ0) is 9.84. The molecule has 0 atom stereocenters. The summed E-state index contributed by atoms with van der Waals surface area (Å²) in [6.45, 7) is 2.09. The Morgan fingerprint density at radius 1 is 1.62 bits per heavy atom. The van der Waals surface area contributed by atoms with E-state index in [1.165, 1.54) is 6.07 Å². The van der Waals surface area contributed by atoms with E-state index in [2.05, 4.69) is 0 Å². The van der Waals surface area contributed by atoms with Crippen LogP contribution in [-0.4, -0.2) is 6.61 Å². The molecule has 0 bridgehead atoms. The van der Waals surface area contributed by atoms with E-state index in [0.29, 0.717) is 6.61 Å². The molecule has 0 aromatic heterocycles. The Balaban J connectivity index is 3.28. The number of anilines is 1. The minimum Gasteiger partial charge on any atom is -0.490 e. The molecule has 2 N–H and O–H groups in total. The Morgan fingerprint density at radius 2 is 2.31 bits per heavy atom. The van der Waals surface area contributed by atoms with Crippen LogP contribution >= 0.6 is 0 Å². The Morgan fingerprint density at radius 3 is 2.85 bits per heavy atom. The molecule has 0 unspecified atom stereocenters. The molecule has 68 valence electrons. The van der Waals surface area contributed by atoms with Crippen molar-refractivity contribution in [1.82, 2.24) is 0 Å². The Hall–Kier alpha value is -1.76. The quantitative estimate of drug-likeness (QED) is 0.704. The average molecular weight is 180 g/mol. The number of ether oxygens (including phenoxy) is 1. The SMILES string of the molecule is CCOc1c(N)ccc(F)c1C#N. The maximum atomic E-state index is 13.0. The first-order valence-corrected chi connectivity index (χ1v) is 3.81. The summed E-state index contributed by atoms with van der Waals surface area (Å²) < 4.78 is 18.0. The lowest BCUT2D eigenvalue weighted by atomic mass is 10.2. The van der Waals surface area contributed by atoms with E-state index >= 15 is 0 Å². The standard InChI is InChI=1S/C9H9FN2O/c1-2-13-9-6(5-11)7(10)3-4-8(9)12/h3-4H,2,12H2,1H3. The van der Waals surface area contributed by atoms with Crippen LogP contribution in [0, 0.1) is 17.1 Å². The normalized spacial score (nSPS) is 9.31. The molecule has 1 rings (SSSR count).